The van der Waals surface area contributed by atoms with E-state index in [2.05, 4.69) is 4.42 Å². The summed E-state index contributed by atoms with van der Waals surface area (Å²) in [7, 11) is 0. The number of halogens is 5. The molecule has 0 aliphatic rings. The van der Waals surface area contributed by atoms with E-state index in [-0.39, 0.29) is 5.76 Å². The van der Waals surface area contributed by atoms with Gasteiger partial charge in [-0.05, 0) is 6.07 Å². The molecule has 0 aliphatic heterocycles. The molecule has 0 radical (unpaired) electrons. The predicted octanol–water partition coefficient (Wildman–Crippen LogP) is 3.50. The molecular weight excluding hydrogens is 303 g/mol. The van der Waals surface area contributed by atoms with Crippen LogP contribution in [0.1, 0.15) is 5.76 Å². The van der Waals surface area contributed by atoms with E-state index in [1.54, 1.807) is 0 Å². The van der Waals surface area contributed by atoms with E-state index < -0.39 is 52.1 Å². The molecule has 2 aromatic rings. The number of benzene rings is 1. The Hall–Kier alpha value is -2.65. The van der Waals surface area contributed by atoms with Gasteiger partial charge >= 0.3 is 5.88 Å². The Balaban J connectivity index is 2.26. The lowest BCUT2D eigenvalue weighted by Crippen LogP contribution is -2.09. The molecule has 21 heavy (non-hydrogen) atoms. The van der Waals surface area contributed by atoms with Gasteiger partial charge in [-0.3, -0.25) is 10.1 Å². The predicted molar refractivity (Wildman–Crippen MR) is 58.9 cm³/mol. The molecule has 10 heteroatoms. The van der Waals surface area contributed by atoms with E-state index >= 15 is 0 Å². The maximum absolute atomic E-state index is 13.3. The van der Waals surface area contributed by atoms with E-state index in [1.807, 2.05) is 5.32 Å². The van der Waals surface area contributed by atoms with Crippen LogP contribution in [0.2, 0.25) is 0 Å². The van der Waals surface area contributed by atoms with Crippen LogP contribution in [-0.2, 0) is 6.54 Å². The van der Waals surface area contributed by atoms with Crippen LogP contribution in [0.5, 0.6) is 0 Å². The van der Waals surface area contributed by atoms with Crippen molar-refractivity contribution in [1.82, 2.24) is 0 Å². The summed E-state index contributed by atoms with van der Waals surface area (Å²) in [6.45, 7) is -0.508. The van der Waals surface area contributed by atoms with Gasteiger partial charge in [0.2, 0.25) is 5.82 Å². The van der Waals surface area contributed by atoms with Gasteiger partial charge in [0.25, 0.3) is 0 Å². The van der Waals surface area contributed by atoms with Crippen LogP contribution in [0.3, 0.4) is 0 Å². The molecule has 0 atom stereocenters. The first-order valence-corrected chi connectivity index (χ1v) is 5.31. The molecule has 2 rings (SSSR count). The topological polar surface area (TPSA) is 68.3 Å². The van der Waals surface area contributed by atoms with Gasteiger partial charge in [0, 0.05) is 0 Å². The Kier molecular flexibility index (Phi) is 3.78. The quantitative estimate of drug-likeness (QED) is 0.309. The lowest BCUT2D eigenvalue weighted by Gasteiger charge is -2.09. The number of nitrogens with one attached hydrogen (secondary N) is 1. The number of hydrogen-bond donors (Lipinski definition) is 1. The molecule has 1 aromatic heterocycles. The first-order valence-electron chi connectivity index (χ1n) is 5.31. The first kappa shape index (κ1) is 14.8. The number of nitrogens with zero attached hydrogens (tertiary/aromatic N) is 1. The molecule has 0 fully saturated rings. The lowest BCUT2D eigenvalue weighted by atomic mass is 10.2. The number of furan rings is 1. The van der Waals surface area contributed by atoms with Gasteiger partial charge in [-0.15, -0.1) is 0 Å². The summed E-state index contributed by atoms with van der Waals surface area (Å²) in [5, 5.41) is 12.3. The van der Waals surface area contributed by atoms with Crippen molar-refractivity contribution in [1.29, 1.82) is 0 Å². The molecule has 1 aromatic carbocycles. The minimum absolute atomic E-state index is 0.120. The van der Waals surface area contributed by atoms with Crippen LogP contribution in [-0.4, -0.2) is 4.92 Å². The Bertz CT molecular complexity index is 687. The normalized spacial score (nSPS) is 10.7. The van der Waals surface area contributed by atoms with Gasteiger partial charge in [-0.1, -0.05) is 0 Å². The molecular formula is C11H5F5N2O3. The van der Waals surface area contributed by atoms with Crippen LogP contribution in [0.4, 0.5) is 33.5 Å². The Morgan fingerprint density at radius 2 is 1.52 bits per heavy atom. The fourth-order valence-electron chi connectivity index (χ4n) is 1.50. The van der Waals surface area contributed by atoms with Gasteiger partial charge in [-0.25, -0.2) is 22.0 Å². The van der Waals surface area contributed by atoms with Crippen molar-refractivity contribution in [3.8, 4) is 0 Å². The van der Waals surface area contributed by atoms with Crippen molar-refractivity contribution >= 4 is 11.6 Å². The van der Waals surface area contributed by atoms with E-state index in [9.17, 15) is 32.1 Å². The van der Waals surface area contributed by atoms with E-state index in [1.165, 1.54) is 0 Å². The molecule has 0 spiro atoms. The van der Waals surface area contributed by atoms with Gasteiger partial charge in [0.15, 0.2) is 23.3 Å². The van der Waals surface area contributed by atoms with Gasteiger partial charge in [-0.2, -0.15) is 0 Å². The van der Waals surface area contributed by atoms with Crippen molar-refractivity contribution in [2.75, 3.05) is 5.32 Å². The number of rotatable bonds is 4. The largest absolute Gasteiger partial charge is 0.433 e. The maximum atomic E-state index is 13.3. The zero-order chi connectivity index (χ0) is 15.7. The number of nitro groups is 1. The molecule has 1 heterocycles. The van der Waals surface area contributed by atoms with Crippen LogP contribution in [0.25, 0.3) is 0 Å². The van der Waals surface area contributed by atoms with Gasteiger partial charge in [0.05, 0.1) is 12.6 Å². The highest BCUT2D eigenvalue weighted by Gasteiger charge is 2.25. The molecule has 0 aliphatic carbocycles. The van der Waals surface area contributed by atoms with Gasteiger partial charge in [0.1, 0.15) is 16.4 Å². The second-order valence-electron chi connectivity index (χ2n) is 3.80. The average Bonchev–Trinajstić information content (AvgIpc) is 2.92. The summed E-state index contributed by atoms with van der Waals surface area (Å²) < 4.78 is 69.9. The third-order valence-electron chi connectivity index (χ3n) is 2.48. The van der Waals surface area contributed by atoms with Crippen LogP contribution < -0.4 is 5.32 Å². The van der Waals surface area contributed by atoms with E-state index in [4.69, 9.17) is 0 Å². The number of hydrogen-bond acceptors (Lipinski definition) is 4. The molecule has 1 N–H and O–H groups in total. The fraction of sp³-hybridized carbons (Fsp3) is 0.0909. The molecule has 5 nitrogen and oxygen atoms in total. The molecule has 0 saturated heterocycles. The van der Waals surface area contributed by atoms with Crippen LogP contribution in [0, 0.1) is 39.2 Å². The standard InChI is InChI=1S/C11H5F5N2O3/c12-6-7(13)9(15)11(10(16)8(6)14)17-3-4-1-2-5(21-4)18(19)20/h1-2,17H,3H2. The van der Waals surface area contributed by atoms with Crippen LogP contribution >= 0.6 is 0 Å². The van der Waals surface area contributed by atoms with Crippen molar-refractivity contribution in [3.63, 3.8) is 0 Å². The molecule has 0 saturated carbocycles. The smallest absolute Gasteiger partial charge is 0.404 e. The zero-order valence-electron chi connectivity index (χ0n) is 9.92. The second kappa shape index (κ2) is 5.38. The minimum Gasteiger partial charge on any atom is -0.404 e. The monoisotopic (exact) mass is 308 g/mol. The fourth-order valence-corrected chi connectivity index (χ4v) is 1.50. The maximum Gasteiger partial charge on any atom is 0.433 e. The summed E-state index contributed by atoms with van der Waals surface area (Å²) in [6.07, 6.45) is 0. The highest BCUT2D eigenvalue weighted by Crippen LogP contribution is 2.27. The van der Waals surface area contributed by atoms with Crippen molar-refractivity contribution in [2.45, 2.75) is 6.54 Å². The average molecular weight is 308 g/mol. The Morgan fingerprint density at radius 1 is 1.00 bits per heavy atom. The van der Waals surface area contributed by atoms with E-state index in [0.717, 1.165) is 12.1 Å². The summed E-state index contributed by atoms with van der Waals surface area (Å²) >= 11 is 0. The van der Waals surface area contributed by atoms with Crippen LogP contribution in [0.15, 0.2) is 16.5 Å². The highest BCUT2D eigenvalue weighted by atomic mass is 19.2. The third-order valence-corrected chi connectivity index (χ3v) is 2.48. The highest BCUT2D eigenvalue weighted by molar-refractivity contribution is 5.47. The lowest BCUT2D eigenvalue weighted by molar-refractivity contribution is -0.402. The Morgan fingerprint density at radius 3 is 2.00 bits per heavy atom. The summed E-state index contributed by atoms with van der Waals surface area (Å²) in [6, 6.07) is 2.10. The molecule has 0 unspecified atom stereocenters. The summed E-state index contributed by atoms with van der Waals surface area (Å²) in [4.78, 5) is 9.51. The Labute approximate surface area is 113 Å². The summed E-state index contributed by atoms with van der Waals surface area (Å²) in [5.41, 5.74) is -1.24. The molecule has 0 bridgehead atoms. The number of anilines is 1. The van der Waals surface area contributed by atoms with E-state index in [0.29, 0.717) is 0 Å². The summed E-state index contributed by atoms with van der Waals surface area (Å²) in [5.74, 6) is -11.3. The first-order chi connectivity index (χ1) is 9.82. The van der Waals surface area contributed by atoms with Crippen molar-refractivity contribution in [3.05, 3.63) is 57.1 Å². The SMILES string of the molecule is O=[N+]([O-])c1ccc(CNc2c(F)c(F)c(F)c(F)c2F)o1. The molecule has 0 amide bonds. The second-order valence-corrected chi connectivity index (χ2v) is 3.80. The van der Waals surface area contributed by atoms with Gasteiger partial charge < -0.3 is 9.73 Å². The van der Waals surface area contributed by atoms with Crippen molar-refractivity contribution in [2.24, 2.45) is 0 Å². The zero-order valence-corrected chi connectivity index (χ0v) is 9.92. The minimum atomic E-state index is -2.27. The third kappa shape index (κ3) is 2.64. The van der Waals surface area contributed by atoms with Crippen molar-refractivity contribution < 1.29 is 31.3 Å². The molecule has 112 valence electrons.